The van der Waals surface area contributed by atoms with Crippen LogP contribution in [0.3, 0.4) is 0 Å². The lowest BCUT2D eigenvalue weighted by Crippen LogP contribution is -2.49. The Balaban J connectivity index is 2.66. The maximum Gasteiger partial charge on any atom is 0.214 e. The molecule has 0 saturated heterocycles. The molecule has 0 radical (unpaired) electrons. The third kappa shape index (κ3) is 2.95. The van der Waals surface area contributed by atoms with E-state index in [0.717, 1.165) is 25.7 Å². The summed E-state index contributed by atoms with van der Waals surface area (Å²) in [4.78, 5) is 0. The predicted octanol–water partition coefficient (Wildman–Crippen LogP) is 2.04. The zero-order valence-electron chi connectivity index (χ0n) is 9.34. The highest BCUT2D eigenvalue weighted by atomic mass is 32.2. The van der Waals surface area contributed by atoms with Gasteiger partial charge in [-0.3, -0.25) is 0 Å². The minimum atomic E-state index is -3.11. The van der Waals surface area contributed by atoms with E-state index in [-0.39, 0.29) is 10.8 Å². The van der Waals surface area contributed by atoms with Crippen LogP contribution in [0.1, 0.15) is 52.9 Å². The normalized spacial score (nSPS) is 22.6. The van der Waals surface area contributed by atoms with Crippen LogP contribution < -0.4 is 4.72 Å². The fraction of sp³-hybridized carbons (Fsp3) is 1.00. The van der Waals surface area contributed by atoms with Gasteiger partial charge >= 0.3 is 0 Å². The van der Waals surface area contributed by atoms with Gasteiger partial charge in [0, 0.05) is 5.54 Å². The van der Waals surface area contributed by atoms with Crippen LogP contribution >= 0.6 is 0 Å². The summed E-state index contributed by atoms with van der Waals surface area (Å²) in [6.07, 6.45) is 5.45. The maximum atomic E-state index is 11.7. The molecule has 1 rings (SSSR count). The Morgan fingerprint density at radius 3 is 2.07 bits per heavy atom. The summed E-state index contributed by atoms with van der Waals surface area (Å²) in [6.45, 7) is 5.45. The summed E-state index contributed by atoms with van der Waals surface area (Å²) in [5.41, 5.74) is -0.193. The second kappa shape index (κ2) is 4.19. The Hall–Kier alpha value is -0.0900. The lowest BCUT2D eigenvalue weighted by atomic mass is 9.84. The molecule has 0 heterocycles. The summed E-state index contributed by atoms with van der Waals surface area (Å²) in [5.74, 6) is 0. The molecule has 84 valence electrons. The summed E-state index contributed by atoms with van der Waals surface area (Å²) < 4.78 is 26.2. The average Bonchev–Trinajstić information content (AvgIpc) is 2.03. The van der Waals surface area contributed by atoms with E-state index in [1.54, 1.807) is 13.8 Å². The minimum Gasteiger partial charge on any atom is -0.212 e. The van der Waals surface area contributed by atoms with Gasteiger partial charge in [-0.1, -0.05) is 19.3 Å². The first-order chi connectivity index (χ1) is 6.36. The van der Waals surface area contributed by atoms with E-state index >= 15 is 0 Å². The van der Waals surface area contributed by atoms with Crippen molar-refractivity contribution in [3.8, 4) is 0 Å². The molecule has 0 aromatic carbocycles. The summed E-state index contributed by atoms with van der Waals surface area (Å²) in [7, 11) is -3.11. The predicted molar refractivity (Wildman–Crippen MR) is 58.7 cm³/mol. The lowest BCUT2D eigenvalue weighted by molar-refractivity contribution is 0.293. The van der Waals surface area contributed by atoms with Crippen molar-refractivity contribution in [1.82, 2.24) is 4.72 Å². The fourth-order valence-electron chi connectivity index (χ4n) is 1.90. The van der Waals surface area contributed by atoms with E-state index in [1.165, 1.54) is 6.42 Å². The molecule has 1 aliphatic rings. The second-order valence-electron chi connectivity index (χ2n) is 4.82. The molecule has 1 aliphatic carbocycles. The molecule has 4 heteroatoms. The van der Waals surface area contributed by atoms with E-state index in [0.29, 0.717) is 0 Å². The SMILES string of the molecule is CC(C)S(=O)(=O)NC1(C)CCCCC1. The third-order valence-electron chi connectivity index (χ3n) is 2.97. The highest BCUT2D eigenvalue weighted by Crippen LogP contribution is 2.28. The van der Waals surface area contributed by atoms with Gasteiger partial charge in [-0.05, 0) is 33.6 Å². The molecule has 1 saturated carbocycles. The Bertz CT molecular complexity index is 276. The molecule has 1 N–H and O–H groups in total. The van der Waals surface area contributed by atoms with Crippen molar-refractivity contribution in [3.05, 3.63) is 0 Å². The number of sulfonamides is 1. The molecule has 0 aromatic rings. The van der Waals surface area contributed by atoms with Crippen molar-refractivity contribution in [1.29, 1.82) is 0 Å². The van der Waals surface area contributed by atoms with Gasteiger partial charge in [0.15, 0.2) is 0 Å². The van der Waals surface area contributed by atoms with Gasteiger partial charge in [-0.15, -0.1) is 0 Å². The number of rotatable bonds is 3. The quantitative estimate of drug-likeness (QED) is 0.789. The maximum absolute atomic E-state index is 11.7. The van der Waals surface area contributed by atoms with Gasteiger partial charge in [0.05, 0.1) is 5.25 Å². The van der Waals surface area contributed by atoms with Crippen molar-refractivity contribution in [2.45, 2.75) is 63.7 Å². The van der Waals surface area contributed by atoms with E-state index < -0.39 is 10.0 Å². The third-order valence-corrected chi connectivity index (χ3v) is 4.98. The van der Waals surface area contributed by atoms with E-state index in [2.05, 4.69) is 4.72 Å². The van der Waals surface area contributed by atoms with Crippen LogP contribution in [-0.4, -0.2) is 19.2 Å². The van der Waals surface area contributed by atoms with Crippen molar-refractivity contribution < 1.29 is 8.42 Å². The Kier molecular flexibility index (Phi) is 3.58. The van der Waals surface area contributed by atoms with Crippen LogP contribution in [0.15, 0.2) is 0 Å². The van der Waals surface area contributed by atoms with E-state index in [1.807, 2.05) is 6.92 Å². The molecule has 0 atom stereocenters. The number of hydrogen-bond acceptors (Lipinski definition) is 2. The van der Waals surface area contributed by atoms with E-state index in [9.17, 15) is 8.42 Å². The highest BCUT2D eigenvalue weighted by molar-refractivity contribution is 7.90. The topological polar surface area (TPSA) is 46.2 Å². The van der Waals surface area contributed by atoms with Gasteiger partial charge in [0.2, 0.25) is 10.0 Å². The molecular weight excluding hydrogens is 198 g/mol. The first-order valence-corrected chi connectivity index (χ1v) is 6.93. The summed E-state index contributed by atoms with van der Waals surface area (Å²) >= 11 is 0. The molecule has 0 unspecified atom stereocenters. The molecule has 3 nitrogen and oxygen atoms in total. The van der Waals surface area contributed by atoms with Gasteiger partial charge in [-0.2, -0.15) is 0 Å². The zero-order chi connectivity index (χ0) is 10.8. The van der Waals surface area contributed by atoms with E-state index in [4.69, 9.17) is 0 Å². The van der Waals surface area contributed by atoms with Crippen molar-refractivity contribution in [2.75, 3.05) is 0 Å². The first-order valence-electron chi connectivity index (χ1n) is 5.38. The average molecular weight is 219 g/mol. The lowest BCUT2D eigenvalue weighted by Gasteiger charge is -2.34. The second-order valence-corrected chi connectivity index (χ2v) is 7.05. The van der Waals surface area contributed by atoms with Gasteiger partial charge < -0.3 is 0 Å². The minimum absolute atomic E-state index is 0.193. The molecule has 0 bridgehead atoms. The Labute approximate surface area is 87.3 Å². The van der Waals surface area contributed by atoms with Crippen molar-refractivity contribution in [2.24, 2.45) is 0 Å². The Morgan fingerprint density at radius 1 is 1.14 bits per heavy atom. The molecule has 1 fully saturated rings. The van der Waals surface area contributed by atoms with Gasteiger partial charge in [-0.25, -0.2) is 13.1 Å². The van der Waals surface area contributed by atoms with Crippen LogP contribution in [0.5, 0.6) is 0 Å². The van der Waals surface area contributed by atoms with Crippen molar-refractivity contribution >= 4 is 10.0 Å². The first kappa shape index (κ1) is 12.0. The molecule has 14 heavy (non-hydrogen) atoms. The molecule has 0 spiro atoms. The number of nitrogens with one attached hydrogen (secondary N) is 1. The fourth-order valence-corrected chi connectivity index (χ4v) is 3.02. The highest BCUT2D eigenvalue weighted by Gasteiger charge is 2.32. The van der Waals surface area contributed by atoms with Crippen LogP contribution in [0.2, 0.25) is 0 Å². The molecular formula is C10H21NO2S. The van der Waals surface area contributed by atoms with Crippen LogP contribution in [0, 0.1) is 0 Å². The zero-order valence-corrected chi connectivity index (χ0v) is 10.2. The van der Waals surface area contributed by atoms with Crippen LogP contribution in [0.25, 0.3) is 0 Å². The van der Waals surface area contributed by atoms with Crippen LogP contribution in [0.4, 0.5) is 0 Å². The summed E-state index contributed by atoms with van der Waals surface area (Å²) in [6, 6.07) is 0. The largest absolute Gasteiger partial charge is 0.214 e. The van der Waals surface area contributed by atoms with Gasteiger partial charge in [0.25, 0.3) is 0 Å². The monoisotopic (exact) mass is 219 g/mol. The smallest absolute Gasteiger partial charge is 0.212 e. The molecule has 0 aromatic heterocycles. The Morgan fingerprint density at radius 2 is 1.64 bits per heavy atom. The van der Waals surface area contributed by atoms with Gasteiger partial charge in [0.1, 0.15) is 0 Å². The standard InChI is InChI=1S/C10H21NO2S/c1-9(2)14(12,13)11-10(3)7-5-4-6-8-10/h9,11H,4-8H2,1-3H3. The van der Waals surface area contributed by atoms with Crippen LogP contribution in [-0.2, 0) is 10.0 Å². The molecule has 0 aliphatic heterocycles. The van der Waals surface area contributed by atoms with Crippen molar-refractivity contribution in [3.63, 3.8) is 0 Å². The summed E-state index contributed by atoms with van der Waals surface area (Å²) in [5, 5.41) is -0.332. The molecule has 0 amide bonds. The number of hydrogen-bond donors (Lipinski definition) is 1.